The molecule has 0 bridgehead atoms. The van der Waals surface area contributed by atoms with Crippen molar-refractivity contribution in [1.29, 1.82) is 0 Å². The van der Waals surface area contributed by atoms with Gasteiger partial charge in [0.2, 0.25) is 0 Å². The molecule has 0 fully saturated rings. The predicted octanol–water partition coefficient (Wildman–Crippen LogP) is 4.23. The summed E-state index contributed by atoms with van der Waals surface area (Å²) in [7, 11) is -1.08. The van der Waals surface area contributed by atoms with Crippen molar-refractivity contribution in [1.82, 2.24) is 0 Å². The molecule has 0 saturated carbocycles. The Balaban J connectivity index is 0.00000128. The molecule has 2 aliphatic rings. The second-order valence-corrected chi connectivity index (χ2v) is 12.6. The first-order valence-corrected chi connectivity index (χ1v) is 10.7. The second kappa shape index (κ2) is 4.41. The van der Waals surface area contributed by atoms with Crippen LogP contribution < -0.4 is 0 Å². The summed E-state index contributed by atoms with van der Waals surface area (Å²) in [5.41, 5.74) is 0. The minimum Gasteiger partial charge on any atom is -1.00 e. The molecule has 80 valence electrons. The molecule has 0 nitrogen and oxygen atoms in total. The predicted molar refractivity (Wildman–Crippen MR) is 68.2 cm³/mol. The van der Waals surface area contributed by atoms with Gasteiger partial charge in [0.05, 0.1) is 0 Å². The number of allylic oxidation sites excluding steroid dienone is 8. The van der Waals surface area contributed by atoms with Crippen LogP contribution in [0, 0.1) is 0 Å². The Morgan fingerprint density at radius 3 is 2.60 bits per heavy atom. The largest absolute Gasteiger partial charge is 1.00 e. The van der Waals surface area contributed by atoms with Gasteiger partial charge in [-0.15, -0.1) is 0 Å². The third kappa shape index (κ3) is 2.72. The van der Waals surface area contributed by atoms with E-state index in [4.69, 9.17) is 0 Å². The van der Waals surface area contributed by atoms with Crippen LogP contribution in [-0.2, 0) is 19.2 Å². The fraction of sp³-hybridized carbons (Fsp3) is 0.385. The van der Waals surface area contributed by atoms with E-state index in [1.54, 1.807) is 9.07 Å². The first-order valence-electron chi connectivity index (χ1n) is 5.60. The summed E-state index contributed by atoms with van der Waals surface area (Å²) in [5.74, 6) is 0. The molecule has 0 aromatic carbocycles. The molecule has 0 radical (unpaired) electrons. The van der Waals surface area contributed by atoms with Gasteiger partial charge in [0, 0.05) is 0 Å². The van der Waals surface area contributed by atoms with Crippen LogP contribution in [-0.4, -0.2) is 8.07 Å². The monoisotopic (exact) mass is 252 g/mol. The van der Waals surface area contributed by atoms with Crippen LogP contribution in [0.4, 0.5) is 0 Å². The molecule has 0 aromatic heterocycles. The maximum absolute atomic E-state index is 2.46. The third-order valence-corrected chi connectivity index (χ3v) is 7.59. The summed E-state index contributed by atoms with van der Waals surface area (Å²) in [6, 6.07) is 0. The van der Waals surface area contributed by atoms with Gasteiger partial charge in [-0.3, -0.25) is 0 Å². The van der Waals surface area contributed by atoms with Crippen LogP contribution in [0.1, 0.15) is 15.7 Å². The summed E-state index contributed by atoms with van der Waals surface area (Å²) in [6.07, 6.45) is 14.1. The Hall–Kier alpha value is -0.109. The van der Waals surface area contributed by atoms with Gasteiger partial charge in [0.15, 0.2) is 0 Å². The van der Waals surface area contributed by atoms with Crippen molar-refractivity contribution in [2.24, 2.45) is 0 Å². The molecule has 0 spiro atoms. The average molecular weight is 252 g/mol. The summed E-state index contributed by atoms with van der Waals surface area (Å²) in [6.45, 7) is 7.39. The van der Waals surface area contributed by atoms with Crippen molar-refractivity contribution >= 4 is 8.07 Å². The zero-order valence-electron chi connectivity index (χ0n) is 11.8. The number of hydrogen-bond acceptors (Lipinski definition) is 0. The molecule has 0 aromatic rings. The molecule has 0 aliphatic heterocycles. The van der Waals surface area contributed by atoms with Crippen LogP contribution in [0.25, 0.3) is 0 Å². The van der Waals surface area contributed by atoms with Gasteiger partial charge in [-0.05, 0) is 0 Å². The van der Waals surface area contributed by atoms with Gasteiger partial charge in [-0.1, -0.05) is 0 Å². The summed E-state index contributed by atoms with van der Waals surface area (Å²) in [5, 5.41) is 1.75. The van der Waals surface area contributed by atoms with E-state index >= 15 is 0 Å². The van der Waals surface area contributed by atoms with Gasteiger partial charge in [-0.2, -0.15) is 0 Å². The first kappa shape index (κ1) is 11.4. The van der Waals surface area contributed by atoms with Crippen molar-refractivity contribution in [3.05, 3.63) is 43.3 Å². The first-order chi connectivity index (χ1) is 7.07. The van der Waals surface area contributed by atoms with Crippen molar-refractivity contribution in [2.75, 3.05) is 0 Å². The molecule has 0 N–H and O–H groups in total. The molecule has 0 amide bonds. The fourth-order valence-corrected chi connectivity index (χ4v) is 7.61. The zero-order chi connectivity index (χ0) is 10.9. The number of rotatable bonds is 3. The van der Waals surface area contributed by atoms with E-state index in [0.717, 1.165) is 0 Å². The Kier molecular flexibility index (Phi) is 3.34. The molecular formula is C13H20SiTi. The van der Waals surface area contributed by atoms with E-state index in [0.29, 0.717) is 0 Å². The third-order valence-electron chi connectivity index (χ3n) is 2.82. The van der Waals surface area contributed by atoms with Gasteiger partial charge in [-0.25, -0.2) is 0 Å². The molecule has 15 heavy (non-hydrogen) atoms. The van der Waals surface area contributed by atoms with Gasteiger partial charge < -0.3 is 2.85 Å². The van der Waals surface area contributed by atoms with Gasteiger partial charge in [0.25, 0.3) is 0 Å². The molecule has 2 aliphatic carbocycles. The van der Waals surface area contributed by atoms with Crippen LogP contribution in [0.15, 0.2) is 43.3 Å². The molecular weight excluding hydrogens is 232 g/mol. The van der Waals surface area contributed by atoms with E-state index in [2.05, 4.69) is 50.0 Å². The van der Waals surface area contributed by atoms with E-state index < -0.39 is 8.07 Å². The van der Waals surface area contributed by atoms with Crippen LogP contribution in [0.2, 0.25) is 19.6 Å². The smallest absolute Gasteiger partial charge is 1.00 e. The van der Waals surface area contributed by atoms with Crippen LogP contribution >= 0.6 is 0 Å². The average Bonchev–Trinajstić information content (AvgIpc) is 2.73. The fourth-order valence-electron chi connectivity index (χ4n) is 2.06. The van der Waals surface area contributed by atoms with Crippen molar-refractivity contribution < 1.29 is 22.0 Å². The topological polar surface area (TPSA) is 0 Å². The minimum absolute atomic E-state index is 0. The Bertz CT molecular complexity index is 387. The Morgan fingerprint density at radius 2 is 2.00 bits per heavy atom. The zero-order valence-corrected chi connectivity index (χ0v) is 12.4. The van der Waals surface area contributed by atoms with Crippen molar-refractivity contribution in [3.8, 4) is 0 Å². The molecule has 0 heterocycles. The van der Waals surface area contributed by atoms with E-state index in [-0.39, 0.29) is 22.0 Å². The molecule has 0 unspecified atom stereocenters. The minimum atomic E-state index is -1.08. The van der Waals surface area contributed by atoms with E-state index in [1.165, 1.54) is 12.8 Å². The second-order valence-electron chi connectivity index (χ2n) is 5.20. The molecule has 2 heteroatoms. The van der Waals surface area contributed by atoms with E-state index in [1.807, 2.05) is 3.88 Å². The van der Waals surface area contributed by atoms with Gasteiger partial charge >= 0.3 is 103 Å². The van der Waals surface area contributed by atoms with Crippen molar-refractivity contribution in [2.45, 2.75) is 32.5 Å². The van der Waals surface area contributed by atoms with Crippen LogP contribution in [0.3, 0.4) is 0 Å². The normalized spacial score (nSPS) is 19.8. The quantitative estimate of drug-likeness (QED) is 0.659. The summed E-state index contributed by atoms with van der Waals surface area (Å²) < 4.78 is 3.52. The molecule has 0 saturated heterocycles. The van der Waals surface area contributed by atoms with Crippen molar-refractivity contribution in [3.63, 3.8) is 0 Å². The molecule has 0 atom stereocenters. The Labute approximate surface area is 106 Å². The Morgan fingerprint density at radius 1 is 1.20 bits per heavy atom. The SMILES string of the molecule is C[Si](C)(C)C1=[C]([Ti+2][C]2=CC=CC2)CC=C1.[H-].[H-]. The van der Waals surface area contributed by atoms with Crippen LogP contribution in [0.5, 0.6) is 0 Å². The number of hydrogen-bond donors (Lipinski definition) is 0. The maximum atomic E-state index is 2.46. The molecule has 2 rings (SSSR count). The standard InChI is InChI=1S/C8H13Si.C5H5.Ti.2H/c1-9(2,3)8-6-4-5-7-8;1-2-4-5-3-1;;;/h4,6H,5H2,1-3H3;1-3H,4H2;;;/q;;+2;2*-1. The summed E-state index contributed by atoms with van der Waals surface area (Å²) >= 11 is 0.0195. The van der Waals surface area contributed by atoms with E-state index in [9.17, 15) is 0 Å². The van der Waals surface area contributed by atoms with Gasteiger partial charge in [0.1, 0.15) is 0 Å². The summed E-state index contributed by atoms with van der Waals surface area (Å²) in [4.78, 5) is 0. The maximum Gasteiger partial charge on any atom is -1.00 e.